The molecule has 122 heavy (non-hydrogen) atoms. The quantitative estimate of drug-likeness (QED) is 0.165. The summed E-state index contributed by atoms with van der Waals surface area (Å²) in [6.45, 7) is 4.69. The standard InChI is InChI=1S/C39H27NS2.C36H21NOS2.C36H21NS3/c1-39(2)29-15-4-6-17-31(29)40(32-18-7-5-16-30(32)39)25-12-9-11-24(23-25)26-14-10-20-34-36(26)37-35(41-34)22-21-28-27-13-3-8-19-33(27)42-38(28)37;1-6-17-31-25(11-1)26-19-20-33-35(36(26)40-31)34-24(12-8-18-32(34)39-33)22-9-7-10-23(21-22)37-27-13-2-4-15-29(27)38-30-16-5-3-14-28(30)37;1-4-15-29-25(11-1)26-19-20-33-35(36(26)40-29)34-24(12-8-18-32(34)39-33)22-9-7-10-23(21-22)37-27-13-2-5-16-30(27)38-31-17-6-3-14-28(31)37/h3-23H,1-2H3;2*1-21H. The van der Waals surface area contributed by atoms with Crippen molar-refractivity contribution in [3.05, 3.63) is 393 Å². The van der Waals surface area contributed by atoms with E-state index in [0.29, 0.717) is 0 Å². The first-order valence-corrected chi connectivity index (χ1v) is 46.9. The summed E-state index contributed by atoms with van der Waals surface area (Å²) >= 11 is 13.3. The summed E-state index contributed by atoms with van der Waals surface area (Å²) in [5.41, 5.74) is 20.7. The van der Waals surface area contributed by atoms with Gasteiger partial charge in [0.15, 0.2) is 11.5 Å². The lowest BCUT2D eigenvalue weighted by Crippen LogP contribution is -2.30. The van der Waals surface area contributed by atoms with Gasteiger partial charge in [-0.3, -0.25) is 0 Å². The Morgan fingerprint density at radius 3 is 0.910 bits per heavy atom. The molecule has 11 heteroatoms. The molecule has 0 spiro atoms. The van der Waals surface area contributed by atoms with Crippen molar-refractivity contribution in [1.82, 2.24) is 0 Å². The van der Waals surface area contributed by atoms with Gasteiger partial charge in [-0.05, 0) is 196 Å². The number of rotatable bonds is 6. The van der Waals surface area contributed by atoms with Gasteiger partial charge in [0.25, 0.3) is 0 Å². The molecular weight excluding hydrogens is 1620 g/mol. The Hall–Kier alpha value is -13.2. The van der Waals surface area contributed by atoms with Gasteiger partial charge in [0.2, 0.25) is 0 Å². The van der Waals surface area contributed by atoms with Crippen molar-refractivity contribution in [3.8, 4) is 44.9 Å². The van der Waals surface area contributed by atoms with E-state index in [1.165, 1.54) is 209 Å². The molecule has 576 valence electrons. The second-order valence-electron chi connectivity index (χ2n) is 32.0. The van der Waals surface area contributed by atoms with Crippen LogP contribution in [0.1, 0.15) is 25.0 Å². The molecule has 3 aliphatic heterocycles. The van der Waals surface area contributed by atoms with Crippen LogP contribution < -0.4 is 19.4 Å². The lowest BCUT2D eigenvalue weighted by Gasteiger charge is -2.42. The fraction of sp³-hybridized carbons (Fsp3) is 0.0270. The van der Waals surface area contributed by atoms with Crippen molar-refractivity contribution < 1.29 is 4.74 Å². The van der Waals surface area contributed by atoms with E-state index in [-0.39, 0.29) is 5.41 Å². The lowest BCUT2D eigenvalue weighted by molar-refractivity contribution is 0.477. The molecule has 0 amide bonds. The molecule has 0 bridgehead atoms. The number of thiophene rings is 6. The molecule has 4 nitrogen and oxygen atoms in total. The van der Waals surface area contributed by atoms with Gasteiger partial charge in [-0.15, -0.1) is 68.0 Å². The van der Waals surface area contributed by atoms with Crippen molar-refractivity contribution in [3.63, 3.8) is 0 Å². The molecule has 0 atom stereocenters. The lowest BCUT2D eigenvalue weighted by atomic mass is 9.73. The summed E-state index contributed by atoms with van der Waals surface area (Å²) in [5, 5.41) is 16.3. The van der Waals surface area contributed by atoms with Crippen LogP contribution in [-0.2, 0) is 5.41 Å². The Morgan fingerprint density at radius 1 is 0.221 bits per heavy atom. The topological polar surface area (TPSA) is 19.0 Å². The second-order valence-corrected chi connectivity index (χ2v) is 39.5. The average Bonchev–Trinajstić information content (AvgIpc) is 1.50. The highest BCUT2D eigenvalue weighted by atomic mass is 32.2. The van der Waals surface area contributed by atoms with Crippen LogP contribution in [0.5, 0.6) is 11.5 Å². The average molecular weight is 1690 g/mol. The number of nitrogens with zero attached hydrogens (tertiary/aromatic N) is 3. The van der Waals surface area contributed by atoms with Crippen LogP contribution >= 0.6 is 79.8 Å². The smallest absolute Gasteiger partial charge is 0.151 e. The highest BCUT2D eigenvalue weighted by molar-refractivity contribution is 7.99. The summed E-state index contributed by atoms with van der Waals surface area (Å²) in [5.74, 6) is 1.73. The number of para-hydroxylation sites is 8. The molecule has 18 aromatic carbocycles. The fourth-order valence-corrected chi connectivity index (χ4v) is 27.8. The van der Waals surface area contributed by atoms with Crippen LogP contribution in [0.2, 0.25) is 0 Å². The molecule has 0 N–H and O–H groups in total. The third kappa shape index (κ3) is 11.3. The van der Waals surface area contributed by atoms with Crippen LogP contribution in [0.3, 0.4) is 0 Å². The Morgan fingerprint density at radius 2 is 0.516 bits per heavy atom. The summed E-state index contributed by atoms with van der Waals surface area (Å²) < 4.78 is 22.5. The summed E-state index contributed by atoms with van der Waals surface area (Å²) in [4.78, 5) is 9.75. The van der Waals surface area contributed by atoms with Crippen LogP contribution in [0.15, 0.2) is 392 Å². The van der Waals surface area contributed by atoms with Crippen molar-refractivity contribution in [2.75, 3.05) is 14.7 Å². The van der Waals surface area contributed by atoms with Gasteiger partial charge < -0.3 is 19.4 Å². The molecular formula is C111H69N3OS7. The molecule has 27 rings (SSSR count). The zero-order valence-corrected chi connectivity index (χ0v) is 71.7. The van der Waals surface area contributed by atoms with E-state index < -0.39 is 0 Å². The SMILES string of the molecule is CC1(C)c2ccccc2N(c2cccc(-c3cccc4sc5ccc6c7ccccc7sc6c5c34)c2)c2ccccc21.c1cc(-c2cccc3sc4ccc5c6ccccc6sc5c4c23)cc(N2c3ccccc3Oc3ccccc32)c1.c1cc(-c2cccc3sc4ccc5c6ccccc6sc5c4c23)cc(N2c3ccccc3Sc3ccccc32)c1. The first-order chi connectivity index (χ1) is 60.3. The third-order valence-electron chi connectivity index (χ3n) is 24.8. The summed E-state index contributed by atoms with van der Waals surface area (Å²) in [7, 11) is 0. The minimum atomic E-state index is -0.0713. The molecule has 9 heterocycles. The van der Waals surface area contributed by atoms with E-state index >= 15 is 0 Å². The van der Waals surface area contributed by atoms with Gasteiger partial charge in [-0.2, -0.15) is 0 Å². The summed E-state index contributed by atoms with van der Waals surface area (Å²) in [6, 6.07) is 139. The number of benzene rings is 18. The van der Waals surface area contributed by atoms with Crippen molar-refractivity contribution >= 4 is 252 Å². The van der Waals surface area contributed by atoms with Crippen LogP contribution in [0.25, 0.3) is 154 Å². The Kier molecular flexibility index (Phi) is 16.7. The minimum absolute atomic E-state index is 0.0713. The maximum Gasteiger partial charge on any atom is 0.151 e. The molecule has 3 aliphatic rings. The van der Waals surface area contributed by atoms with Crippen molar-refractivity contribution in [1.29, 1.82) is 0 Å². The van der Waals surface area contributed by atoms with E-state index in [1.54, 1.807) is 0 Å². The first kappa shape index (κ1) is 71.7. The fourth-order valence-electron chi connectivity index (χ4n) is 19.3. The first-order valence-electron chi connectivity index (χ1n) is 41.2. The third-order valence-corrected chi connectivity index (χ3v) is 32.9. The molecule has 0 unspecified atom stereocenters. The maximum absolute atomic E-state index is 6.27. The summed E-state index contributed by atoms with van der Waals surface area (Å²) in [6.07, 6.45) is 0. The molecule has 0 saturated carbocycles. The molecule has 0 saturated heterocycles. The highest BCUT2D eigenvalue weighted by Crippen LogP contribution is 2.58. The molecule has 0 fully saturated rings. The Balaban J connectivity index is 0.000000101. The molecule has 24 aromatic rings. The van der Waals surface area contributed by atoms with E-state index in [0.717, 1.165) is 28.6 Å². The normalized spacial score (nSPS) is 13.2. The predicted octanol–water partition coefficient (Wildman–Crippen LogP) is 35.9. The van der Waals surface area contributed by atoms with Crippen molar-refractivity contribution in [2.45, 2.75) is 29.1 Å². The number of anilines is 9. The zero-order chi connectivity index (χ0) is 80.4. The Labute approximate surface area is 732 Å². The van der Waals surface area contributed by atoms with Crippen molar-refractivity contribution in [2.24, 2.45) is 0 Å². The highest BCUT2D eigenvalue weighted by Gasteiger charge is 2.37. The zero-order valence-electron chi connectivity index (χ0n) is 66.0. The van der Waals surface area contributed by atoms with Crippen LogP contribution in [-0.4, -0.2) is 0 Å². The molecule has 0 radical (unpaired) electrons. The van der Waals surface area contributed by atoms with Gasteiger partial charge in [-0.1, -0.05) is 256 Å². The van der Waals surface area contributed by atoms with Gasteiger partial charge in [-0.25, -0.2) is 0 Å². The van der Waals surface area contributed by atoms with Gasteiger partial charge >= 0.3 is 0 Å². The molecule has 6 aromatic heterocycles. The van der Waals surface area contributed by atoms with E-state index in [1.807, 2.05) is 104 Å². The van der Waals surface area contributed by atoms with Gasteiger partial charge in [0.05, 0.1) is 34.1 Å². The van der Waals surface area contributed by atoms with Gasteiger partial charge in [0, 0.05) is 153 Å². The van der Waals surface area contributed by atoms with E-state index in [2.05, 4.69) is 386 Å². The monoisotopic (exact) mass is 1680 g/mol. The van der Waals surface area contributed by atoms with Gasteiger partial charge in [0.1, 0.15) is 0 Å². The van der Waals surface area contributed by atoms with E-state index in [4.69, 9.17) is 4.74 Å². The minimum Gasteiger partial charge on any atom is -0.453 e. The van der Waals surface area contributed by atoms with Crippen LogP contribution in [0.4, 0.5) is 51.2 Å². The predicted molar refractivity (Wildman–Crippen MR) is 533 cm³/mol. The number of ether oxygens (including phenoxy) is 1. The molecule has 0 aliphatic carbocycles. The number of fused-ring (bicyclic) bond motifs is 27. The second kappa shape index (κ2) is 28.5. The van der Waals surface area contributed by atoms with E-state index in [9.17, 15) is 0 Å². The largest absolute Gasteiger partial charge is 0.453 e. The maximum atomic E-state index is 6.27. The van der Waals surface area contributed by atoms with Crippen LogP contribution in [0, 0.1) is 0 Å². The number of hydrogen-bond donors (Lipinski definition) is 0. The number of hydrogen-bond acceptors (Lipinski definition) is 11. The Bertz CT molecular complexity index is 8000.